The number of nitrogens with one attached hydrogen (secondary N) is 1. The standard InChI is InChI=1S/C17H20N4O2S/c1-12-10-14(3)21(19-12)11-13(2)20-24(22,23)16-8-4-6-15-7-5-9-18-17(15)16/h4-10,13,20H,11H2,1-3H3/t13-/m1/s1. The summed E-state index contributed by atoms with van der Waals surface area (Å²) < 4.78 is 30.0. The maximum Gasteiger partial charge on any atom is 0.243 e. The summed E-state index contributed by atoms with van der Waals surface area (Å²) >= 11 is 0. The van der Waals surface area contributed by atoms with Gasteiger partial charge in [0.05, 0.1) is 17.8 Å². The average Bonchev–Trinajstić information content (AvgIpc) is 2.83. The van der Waals surface area contributed by atoms with E-state index >= 15 is 0 Å². The molecule has 3 aromatic rings. The van der Waals surface area contributed by atoms with Gasteiger partial charge in [0.2, 0.25) is 10.0 Å². The second-order valence-corrected chi connectivity index (χ2v) is 7.65. The van der Waals surface area contributed by atoms with Gasteiger partial charge in [0.1, 0.15) is 4.90 Å². The molecular formula is C17H20N4O2S. The van der Waals surface area contributed by atoms with Crippen molar-refractivity contribution >= 4 is 20.9 Å². The van der Waals surface area contributed by atoms with Gasteiger partial charge in [-0.2, -0.15) is 5.10 Å². The SMILES string of the molecule is Cc1cc(C)n(C[C@@H](C)NS(=O)(=O)c2cccc3cccnc23)n1. The number of nitrogens with zero attached hydrogens (tertiary/aromatic N) is 3. The molecule has 0 spiro atoms. The molecule has 0 aliphatic heterocycles. The zero-order chi connectivity index (χ0) is 17.3. The fourth-order valence-corrected chi connectivity index (χ4v) is 4.19. The molecule has 3 rings (SSSR count). The predicted molar refractivity (Wildman–Crippen MR) is 93.2 cm³/mol. The number of fused-ring (bicyclic) bond motifs is 1. The number of hydrogen-bond donors (Lipinski definition) is 1. The summed E-state index contributed by atoms with van der Waals surface area (Å²) in [6.45, 7) is 6.17. The van der Waals surface area contributed by atoms with Gasteiger partial charge in [-0.1, -0.05) is 18.2 Å². The van der Waals surface area contributed by atoms with Crippen LogP contribution in [0.1, 0.15) is 18.3 Å². The summed E-state index contributed by atoms with van der Waals surface area (Å²) in [5.41, 5.74) is 2.40. The molecule has 6 nitrogen and oxygen atoms in total. The van der Waals surface area contributed by atoms with Crippen LogP contribution >= 0.6 is 0 Å². The predicted octanol–water partition coefficient (Wildman–Crippen LogP) is 2.42. The molecule has 2 heterocycles. The lowest BCUT2D eigenvalue weighted by molar-refractivity contribution is 0.486. The third-order valence-electron chi connectivity index (χ3n) is 3.79. The molecule has 0 unspecified atom stereocenters. The second kappa shape index (κ2) is 6.33. The molecule has 0 saturated carbocycles. The van der Waals surface area contributed by atoms with Gasteiger partial charge in [0, 0.05) is 23.3 Å². The number of benzene rings is 1. The van der Waals surface area contributed by atoms with E-state index in [1.807, 2.05) is 43.7 Å². The lowest BCUT2D eigenvalue weighted by Gasteiger charge is -2.16. The van der Waals surface area contributed by atoms with Crippen molar-refractivity contribution in [1.82, 2.24) is 19.5 Å². The first-order chi connectivity index (χ1) is 11.4. The third-order valence-corrected chi connectivity index (χ3v) is 5.41. The molecule has 0 aliphatic rings. The fraction of sp³-hybridized carbons (Fsp3) is 0.294. The van der Waals surface area contributed by atoms with E-state index in [4.69, 9.17) is 0 Å². The largest absolute Gasteiger partial charge is 0.268 e. The summed E-state index contributed by atoms with van der Waals surface area (Å²) in [6.07, 6.45) is 1.60. The molecule has 1 atom stereocenters. The van der Waals surface area contributed by atoms with Crippen molar-refractivity contribution < 1.29 is 8.42 Å². The molecule has 0 fully saturated rings. The Morgan fingerprint density at radius 3 is 2.67 bits per heavy atom. The zero-order valence-corrected chi connectivity index (χ0v) is 14.7. The van der Waals surface area contributed by atoms with Crippen LogP contribution in [0, 0.1) is 13.8 Å². The molecule has 126 valence electrons. The minimum atomic E-state index is -3.67. The monoisotopic (exact) mass is 344 g/mol. The minimum absolute atomic E-state index is 0.195. The summed E-state index contributed by atoms with van der Waals surface area (Å²) in [7, 11) is -3.67. The number of rotatable bonds is 5. The van der Waals surface area contributed by atoms with Crippen molar-refractivity contribution in [3.8, 4) is 0 Å². The van der Waals surface area contributed by atoms with Gasteiger partial charge in [-0.05, 0) is 39.0 Å². The highest BCUT2D eigenvalue weighted by atomic mass is 32.2. The number of aryl methyl sites for hydroxylation is 2. The summed E-state index contributed by atoms with van der Waals surface area (Å²) in [4.78, 5) is 4.41. The van der Waals surface area contributed by atoms with Crippen molar-refractivity contribution in [3.05, 3.63) is 54.0 Å². The van der Waals surface area contributed by atoms with E-state index in [-0.39, 0.29) is 10.9 Å². The number of hydrogen-bond acceptors (Lipinski definition) is 4. The molecule has 0 saturated heterocycles. The van der Waals surface area contributed by atoms with Crippen LogP contribution in [0.5, 0.6) is 0 Å². The molecule has 1 aromatic carbocycles. The van der Waals surface area contributed by atoms with Crippen molar-refractivity contribution in [2.75, 3.05) is 0 Å². The van der Waals surface area contributed by atoms with Crippen molar-refractivity contribution in [3.63, 3.8) is 0 Å². The van der Waals surface area contributed by atoms with Gasteiger partial charge < -0.3 is 0 Å². The molecular weight excluding hydrogens is 324 g/mol. The van der Waals surface area contributed by atoms with Gasteiger partial charge in [-0.25, -0.2) is 13.1 Å². The van der Waals surface area contributed by atoms with Crippen LogP contribution < -0.4 is 4.72 Å². The number of sulfonamides is 1. The summed E-state index contributed by atoms with van der Waals surface area (Å²) in [6, 6.07) is 10.5. The number of aromatic nitrogens is 3. The Morgan fingerprint density at radius 2 is 1.96 bits per heavy atom. The lowest BCUT2D eigenvalue weighted by Crippen LogP contribution is -2.36. The quantitative estimate of drug-likeness (QED) is 0.771. The molecule has 1 N–H and O–H groups in total. The van der Waals surface area contributed by atoms with Crippen molar-refractivity contribution in [2.24, 2.45) is 0 Å². The first-order valence-electron chi connectivity index (χ1n) is 7.74. The summed E-state index contributed by atoms with van der Waals surface area (Å²) in [5, 5.41) is 5.17. The van der Waals surface area contributed by atoms with Gasteiger partial charge in [-0.15, -0.1) is 0 Å². The van der Waals surface area contributed by atoms with Gasteiger partial charge in [0.15, 0.2) is 0 Å². The third kappa shape index (κ3) is 3.32. The minimum Gasteiger partial charge on any atom is -0.268 e. The molecule has 0 radical (unpaired) electrons. The van der Waals surface area contributed by atoms with E-state index in [9.17, 15) is 8.42 Å². The average molecular weight is 344 g/mol. The Labute approximate surface area is 141 Å². The maximum absolute atomic E-state index is 12.8. The molecule has 0 amide bonds. The van der Waals surface area contributed by atoms with E-state index in [2.05, 4.69) is 14.8 Å². The van der Waals surface area contributed by atoms with E-state index in [1.54, 1.807) is 24.4 Å². The smallest absolute Gasteiger partial charge is 0.243 e. The fourth-order valence-electron chi connectivity index (χ4n) is 2.78. The van der Waals surface area contributed by atoms with Gasteiger partial charge >= 0.3 is 0 Å². The molecule has 24 heavy (non-hydrogen) atoms. The van der Waals surface area contributed by atoms with Crippen LogP contribution in [0.3, 0.4) is 0 Å². The Balaban J connectivity index is 1.86. The zero-order valence-electron chi connectivity index (χ0n) is 13.9. The first-order valence-corrected chi connectivity index (χ1v) is 9.22. The second-order valence-electron chi connectivity index (χ2n) is 5.96. The topological polar surface area (TPSA) is 76.9 Å². The molecule has 0 bridgehead atoms. The van der Waals surface area contributed by atoms with Gasteiger partial charge in [-0.3, -0.25) is 9.67 Å². The Kier molecular flexibility index (Phi) is 4.38. The van der Waals surface area contributed by atoms with E-state index in [0.29, 0.717) is 12.1 Å². The highest BCUT2D eigenvalue weighted by molar-refractivity contribution is 7.89. The number of para-hydroxylation sites is 1. The van der Waals surface area contributed by atoms with E-state index in [1.165, 1.54) is 0 Å². The Bertz CT molecular complexity index is 974. The van der Waals surface area contributed by atoms with Crippen LogP contribution in [-0.4, -0.2) is 29.2 Å². The van der Waals surface area contributed by atoms with Crippen LogP contribution in [-0.2, 0) is 16.6 Å². The van der Waals surface area contributed by atoms with Crippen LogP contribution in [0.4, 0.5) is 0 Å². The van der Waals surface area contributed by atoms with Gasteiger partial charge in [0.25, 0.3) is 0 Å². The molecule has 2 aromatic heterocycles. The maximum atomic E-state index is 12.8. The highest BCUT2D eigenvalue weighted by Gasteiger charge is 2.21. The lowest BCUT2D eigenvalue weighted by atomic mass is 10.2. The van der Waals surface area contributed by atoms with Crippen LogP contribution in [0.15, 0.2) is 47.5 Å². The van der Waals surface area contributed by atoms with E-state index in [0.717, 1.165) is 16.8 Å². The normalized spacial score (nSPS) is 13.3. The molecule has 0 aliphatic carbocycles. The van der Waals surface area contributed by atoms with Crippen molar-refractivity contribution in [1.29, 1.82) is 0 Å². The Hall–Kier alpha value is -2.25. The van der Waals surface area contributed by atoms with Crippen molar-refractivity contribution in [2.45, 2.75) is 38.3 Å². The summed E-state index contributed by atoms with van der Waals surface area (Å²) in [5.74, 6) is 0. The van der Waals surface area contributed by atoms with E-state index < -0.39 is 10.0 Å². The highest BCUT2D eigenvalue weighted by Crippen LogP contribution is 2.20. The van der Waals surface area contributed by atoms with Crippen LogP contribution in [0.25, 0.3) is 10.9 Å². The number of pyridine rings is 1. The Morgan fingerprint density at radius 1 is 1.21 bits per heavy atom. The first kappa shape index (κ1) is 16.6. The molecule has 7 heteroatoms. The van der Waals surface area contributed by atoms with Crippen LogP contribution in [0.2, 0.25) is 0 Å².